The number of amides is 2. The Morgan fingerprint density at radius 1 is 1.50 bits per heavy atom. The molecule has 24 heavy (non-hydrogen) atoms. The topological polar surface area (TPSA) is 85.4 Å². The van der Waals surface area contributed by atoms with E-state index in [9.17, 15) is 4.79 Å². The quantitative estimate of drug-likeness (QED) is 0.907. The molecule has 8 heteroatoms. The zero-order chi connectivity index (χ0) is 17.1. The van der Waals surface area contributed by atoms with Crippen LogP contribution in [-0.4, -0.2) is 45.6 Å². The van der Waals surface area contributed by atoms with E-state index in [-0.39, 0.29) is 12.1 Å². The van der Waals surface area contributed by atoms with E-state index in [0.717, 1.165) is 36.5 Å². The first-order valence-corrected chi connectivity index (χ1v) is 8.11. The van der Waals surface area contributed by atoms with Crippen molar-refractivity contribution in [1.82, 2.24) is 19.8 Å². The smallest absolute Gasteiger partial charge is 0.321 e. The molecule has 1 fully saturated rings. The van der Waals surface area contributed by atoms with E-state index in [0.29, 0.717) is 18.8 Å². The maximum atomic E-state index is 12.3. The van der Waals surface area contributed by atoms with Crippen LogP contribution in [0.2, 0.25) is 0 Å². The molecule has 0 aromatic carbocycles. The predicted octanol–water partition coefficient (Wildman–Crippen LogP) is 2.33. The van der Waals surface area contributed by atoms with Gasteiger partial charge in [-0.3, -0.25) is 4.68 Å². The molecule has 0 bridgehead atoms. The van der Waals surface area contributed by atoms with E-state index in [1.54, 1.807) is 22.8 Å². The van der Waals surface area contributed by atoms with Gasteiger partial charge >= 0.3 is 6.03 Å². The Balaban J connectivity index is 1.55. The van der Waals surface area contributed by atoms with Gasteiger partial charge in [0.2, 0.25) is 0 Å². The molecule has 0 unspecified atom stereocenters. The van der Waals surface area contributed by atoms with E-state index in [4.69, 9.17) is 9.26 Å². The highest BCUT2D eigenvalue weighted by Crippen LogP contribution is 2.16. The van der Waals surface area contributed by atoms with Crippen LogP contribution in [0.25, 0.3) is 0 Å². The number of anilines is 1. The van der Waals surface area contributed by atoms with Crippen LogP contribution >= 0.6 is 0 Å². The van der Waals surface area contributed by atoms with Crippen LogP contribution in [0, 0.1) is 13.8 Å². The lowest BCUT2D eigenvalue weighted by Gasteiger charge is -2.17. The predicted molar refractivity (Wildman–Crippen MR) is 87.7 cm³/mol. The molecule has 130 valence electrons. The first-order valence-electron chi connectivity index (χ1n) is 8.11. The third-order valence-corrected chi connectivity index (χ3v) is 4.22. The number of urea groups is 1. The third-order valence-electron chi connectivity index (χ3n) is 4.22. The van der Waals surface area contributed by atoms with Crippen LogP contribution in [0.3, 0.4) is 0 Å². The van der Waals surface area contributed by atoms with Gasteiger partial charge in [-0.05, 0) is 26.7 Å². The molecule has 1 aliphatic rings. The molecule has 0 aliphatic carbocycles. The Kier molecular flexibility index (Phi) is 4.84. The zero-order valence-electron chi connectivity index (χ0n) is 14.3. The van der Waals surface area contributed by atoms with Crippen LogP contribution in [0.1, 0.15) is 29.9 Å². The summed E-state index contributed by atoms with van der Waals surface area (Å²) in [6.45, 7) is 5.69. The molecule has 2 amide bonds. The minimum absolute atomic E-state index is 0.202. The van der Waals surface area contributed by atoms with Gasteiger partial charge in [-0.2, -0.15) is 5.10 Å². The average molecular weight is 333 g/mol. The molecule has 1 atom stereocenters. The van der Waals surface area contributed by atoms with E-state index < -0.39 is 0 Å². The molecular formula is C16H23N5O3. The minimum atomic E-state index is -0.202. The van der Waals surface area contributed by atoms with Gasteiger partial charge in [0.05, 0.1) is 36.8 Å². The molecule has 1 aliphatic heterocycles. The summed E-state index contributed by atoms with van der Waals surface area (Å²) in [4.78, 5) is 13.9. The van der Waals surface area contributed by atoms with Gasteiger partial charge in [-0.15, -0.1) is 0 Å². The number of hydrogen-bond donors (Lipinski definition) is 1. The van der Waals surface area contributed by atoms with E-state index >= 15 is 0 Å². The van der Waals surface area contributed by atoms with Crippen molar-refractivity contribution in [3.05, 3.63) is 29.4 Å². The lowest BCUT2D eigenvalue weighted by molar-refractivity contribution is 0.0940. The van der Waals surface area contributed by atoms with Crippen molar-refractivity contribution in [2.45, 2.75) is 45.9 Å². The summed E-state index contributed by atoms with van der Waals surface area (Å²) in [6, 6.07) is -0.202. The van der Waals surface area contributed by atoms with E-state index in [1.165, 1.54) is 0 Å². The SMILES string of the molecule is Cc1noc(C)c1CN(C)C(=O)Nc1cnn(C[C@H]2CCCO2)c1. The number of nitrogens with zero attached hydrogens (tertiary/aromatic N) is 4. The normalized spacial score (nSPS) is 17.2. The van der Waals surface area contributed by atoms with Gasteiger partial charge < -0.3 is 19.5 Å². The number of nitrogens with one attached hydrogen (secondary N) is 1. The van der Waals surface area contributed by atoms with Gasteiger partial charge in [-0.1, -0.05) is 5.16 Å². The monoisotopic (exact) mass is 333 g/mol. The Labute approximate surface area is 140 Å². The van der Waals surface area contributed by atoms with Gasteiger partial charge in [-0.25, -0.2) is 4.79 Å². The molecule has 0 radical (unpaired) electrons. The highest BCUT2D eigenvalue weighted by molar-refractivity contribution is 5.88. The van der Waals surface area contributed by atoms with E-state index in [2.05, 4.69) is 15.6 Å². The van der Waals surface area contributed by atoms with Crippen molar-refractivity contribution in [1.29, 1.82) is 0 Å². The highest BCUT2D eigenvalue weighted by Gasteiger charge is 2.18. The largest absolute Gasteiger partial charge is 0.376 e. The van der Waals surface area contributed by atoms with Crippen molar-refractivity contribution < 1.29 is 14.1 Å². The Bertz CT molecular complexity index is 683. The van der Waals surface area contributed by atoms with Crippen molar-refractivity contribution in [2.24, 2.45) is 0 Å². The molecule has 0 saturated carbocycles. The van der Waals surface area contributed by atoms with Gasteiger partial charge in [0, 0.05) is 25.4 Å². The van der Waals surface area contributed by atoms with Gasteiger partial charge in [0.1, 0.15) is 5.76 Å². The molecule has 3 heterocycles. The number of aryl methyl sites for hydroxylation is 2. The third kappa shape index (κ3) is 3.76. The molecule has 1 saturated heterocycles. The minimum Gasteiger partial charge on any atom is -0.376 e. The standard InChI is InChI=1S/C16H23N5O3/c1-11-15(12(2)24-19-11)10-20(3)16(22)18-13-7-17-21(8-13)9-14-5-4-6-23-14/h7-8,14H,4-6,9-10H2,1-3H3,(H,18,22)/t14-/m1/s1. The maximum absolute atomic E-state index is 12.3. The second-order valence-corrected chi connectivity index (χ2v) is 6.18. The Hall–Kier alpha value is -2.35. The highest BCUT2D eigenvalue weighted by atomic mass is 16.5. The number of rotatable bonds is 5. The van der Waals surface area contributed by atoms with Crippen molar-refractivity contribution in [3.63, 3.8) is 0 Å². The lowest BCUT2D eigenvalue weighted by atomic mass is 10.2. The number of hydrogen-bond acceptors (Lipinski definition) is 5. The summed E-state index contributed by atoms with van der Waals surface area (Å²) in [5.74, 6) is 0.733. The fourth-order valence-corrected chi connectivity index (χ4v) is 2.78. The van der Waals surface area contributed by atoms with Crippen LogP contribution in [0.5, 0.6) is 0 Å². The molecule has 8 nitrogen and oxygen atoms in total. The fraction of sp³-hybridized carbons (Fsp3) is 0.562. The van der Waals surface area contributed by atoms with E-state index in [1.807, 2.05) is 20.0 Å². The molecule has 1 N–H and O–H groups in total. The molecule has 2 aromatic heterocycles. The lowest BCUT2D eigenvalue weighted by Crippen LogP contribution is -2.31. The summed E-state index contributed by atoms with van der Waals surface area (Å²) < 4.78 is 12.5. The number of carbonyl (C=O) groups is 1. The van der Waals surface area contributed by atoms with Gasteiger partial charge in [0.25, 0.3) is 0 Å². The molecule has 0 spiro atoms. The summed E-state index contributed by atoms with van der Waals surface area (Å²) >= 11 is 0. The Morgan fingerprint density at radius 2 is 2.33 bits per heavy atom. The Morgan fingerprint density at radius 3 is 3.00 bits per heavy atom. The van der Waals surface area contributed by atoms with Crippen LogP contribution in [0.15, 0.2) is 16.9 Å². The summed E-state index contributed by atoms with van der Waals surface area (Å²) in [7, 11) is 1.73. The average Bonchev–Trinajstić information content (AvgIpc) is 3.27. The van der Waals surface area contributed by atoms with Crippen molar-refractivity contribution in [2.75, 3.05) is 19.0 Å². The van der Waals surface area contributed by atoms with Gasteiger partial charge in [0.15, 0.2) is 0 Å². The first-order chi connectivity index (χ1) is 11.5. The number of ether oxygens (including phenoxy) is 1. The number of aromatic nitrogens is 3. The van der Waals surface area contributed by atoms with Crippen LogP contribution < -0.4 is 5.32 Å². The molecule has 2 aromatic rings. The first kappa shape index (κ1) is 16.5. The summed E-state index contributed by atoms with van der Waals surface area (Å²) in [5.41, 5.74) is 2.40. The summed E-state index contributed by atoms with van der Waals surface area (Å²) in [5, 5.41) is 11.0. The molecular weight excluding hydrogens is 310 g/mol. The zero-order valence-corrected chi connectivity index (χ0v) is 14.3. The second kappa shape index (κ2) is 7.04. The number of carbonyl (C=O) groups excluding carboxylic acids is 1. The van der Waals surface area contributed by atoms with Crippen molar-refractivity contribution in [3.8, 4) is 0 Å². The molecule has 3 rings (SSSR count). The van der Waals surface area contributed by atoms with Crippen LogP contribution in [-0.2, 0) is 17.8 Å². The van der Waals surface area contributed by atoms with Crippen LogP contribution in [0.4, 0.5) is 10.5 Å². The second-order valence-electron chi connectivity index (χ2n) is 6.18. The maximum Gasteiger partial charge on any atom is 0.321 e. The fourth-order valence-electron chi connectivity index (χ4n) is 2.78. The van der Waals surface area contributed by atoms with Crippen molar-refractivity contribution >= 4 is 11.7 Å². The summed E-state index contributed by atoms with van der Waals surface area (Å²) in [6.07, 6.45) is 5.85.